The molecule has 0 fully saturated rings. The van der Waals surface area contributed by atoms with Gasteiger partial charge in [0.15, 0.2) is 23.0 Å². The quantitative estimate of drug-likeness (QED) is 0.181. The van der Waals surface area contributed by atoms with Gasteiger partial charge in [-0.2, -0.15) is 0 Å². The number of ether oxygens (including phenoxy) is 3. The third-order valence-corrected chi connectivity index (χ3v) is 11.0. The van der Waals surface area contributed by atoms with Gasteiger partial charge in [0.25, 0.3) is 0 Å². The fourth-order valence-corrected chi connectivity index (χ4v) is 5.47. The number of rotatable bonds is 6. The van der Waals surface area contributed by atoms with Crippen molar-refractivity contribution in [2.75, 3.05) is 0 Å². The van der Waals surface area contributed by atoms with E-state index in [-0.39, 0.29) is 0 Å². The average Bonchev–Trinajstić information content (AvgIpc) is 2.82. The summed E-state index contributed by atoms with van der Waals surface area (Å²) in [5, 5.41) is 0. The lowest BCUT2D eigenvalue weighted by Crippen LogP contribution is -1.94. The molecule has 0 radical (unpaired) electrons. The van der Waals surface area contributed by atoms with E-state index < -0.39 is 0 Å². The molecule has 168 valence electrons. The molecule has 3 nitrogen and oxygen atoms in total. The molecule has 0 N–H and O–H groups in total. The fourth-order valence-electron chi connectivity index (χ4n) is 2.77. The predicted molar refractivity (Wildman–Crippen MR) is 152 cm³/mol. The van der Waals surface area contributed by atoms with E-state index in [1.54, 1.807) is 0 Å². The summed E-state index contributed by atoms with van der Waals surface area (Å²) in [6.07, 6.45) is 0. The van der Waals surface area contributed by atoms with E-state index in [0.717, 1.165) is 26.8 Å². The lowest BCUT2D eigenvalue weighted by Gasteiger charge is -2.16. The first-order valence-corrected chi connectivity index (χ1v) is 14.1. The molecule has 0 aliphatic carbocycles. The van der Waals surface area contributed by atoms with Crippen molar-refractivity contribution in [2.45, 2.75) is 0 Å². The Morgan fingerprint density at radius 2 is 0.636 bits per heavy atom. The number of halogens is 6. The Hall–Kier alpha value is -0.840. The Kier molecular flexibility index (Phi) is 8.62. The van der Waals surface area contributed by atoms with E-state index in [2.05, 4.69) is 95.6 Å². The monoisotopic (exact) mass is 822 g/mol. The highest BCUT2D eigenvalue weighted by molar-refractivity contribution is 9.15. The Morgan fingerprint density at radius 1 is 0.333 bits per heavy atom. The fraction of sp³-hybridized carbons (Fsp3) is 0. The van der Waals surface area contributed by atoms with Gasteiger partial charge in [-0.1, -0.05) is 24.3 Å². The van der Waals surface area contributed by atoms with Gasteiger partial charge >= 0.3 is 0 Å². The Bertz CT molecular complexity index is 1220. The van der Waals surface area contributed by atoms with Gasteiger partial charge in [0.2, 0.25) is 0 Å². The lowest BCUT2D eigenvalue weighted by molar-refractivity contribution is 0.392. The number of hydrogen-bond donors (Lipinski definition) is 0. The van der Waals surface area contributed by atoms with Crippen molar-refractivity contribution in [2.24, 2.45) is 0 Å². The van der Waals surface area contributed by atoms with Gasteiger partial charge in [-0.05, 0) is 144 Å². The van der Waals surface area contributed by atoms with Crippen LogP contribution >= 0.6 is 95.6 Å². The highest BCUT2D eigenvalue weighted by atomic mass is 79.9. The van der Waals surface area contributed by atoms with Crippen molar-refractivity contribution in [3.05, 3.63) is 99.6 Å². The minimum atomic E-state index is 0.551. The van der Waals surface area contributed by atoms with Crippen molar-refractivity contribution in [1.82, 2.24) is 0 Å². The highest BCUT2D eigenvalue weighted by Gasteiger charge is 2.16. The maximum atomic E-state index is 6.25. The van der Waals surface area contributed by atoms with Gasteiger partial charge in [-0.15, -0.1) is 0 Å². The summed E-state index contributed by atoms with van der Waals surface area (Å²) < 4.78 is 23.7. The Labute approximate surface area is 241 Å². The van der Waals surface area contributed by atoms with Gasteiger partial charge in [-0.3, -0.25) is 0 Å². The SMILES string of the molecule is Brc1ccc(Oc2ccccc2Oc2ccccc2Oc2ccc(Br)c(Br)c2Br)c(Br)c1Br. The van der Waals surface area contributed by atoms with E-state index in [0.29, 0.717) is 34.5 Å². The van der Waals surface area contributed by atoms with Crippen LogP contribution in [0.4, 0.5) is 0 Å². The third kappa shape index (κ3) is 5.87. The summed E-state index contributed by atoms with van der Waals surface area (Å²) in [6, 6.07) is 22.5. The van der Waals surface area contributed by atoms with E-state index in [9.17, 15) is 0 Å². The van der Waals surface area contributed by atoms with Gasteiger partial charge in [0, 0.05) is 17.9 Å². The Morgan fingerprint density at radius 3 is 0.970 bits per heavy atom. The van der Waals surface area contributed by atoms with Crippen LogP contribution in [0, 0.1) is 0 Å². The third-order valence-electron chi connectivity index (χ3n) is 4.36. The zero-order valence-electron chi connectivity index (χ0n) is 16.4. The summed E-state index contributed by atoms with van der Waals surface area (Å²) in [5.41, 5.74) is 0. The first-order chi connectivity index (χ1) is 15.8. The molecule has 4 aromatic carbocycles. The van der Waals surface area contributed by atoms with Crippen molar-refractivity contribution < 1.29 is 14.2 Å². The van der Waals surface area contributed by atoms with Crippen LogP contribution in [0.2, 0.25) is 0 Å². The van der Waals surface area contributed by atoms with E-state index in [1.807, 2.05) is 72.8 Å². The topological polar surface area (TPSA) is 27.7 Å². The molecule has 4 rings (SSSR count). The van der Waals surface area contributed by atoms with E-state index in [4.69, 9.17) is 14.2 Å². The predicted octanol–water partition coefficient (Wildman–Crippen LogP) is 11.6. The maximum absolute atomic E-state index is 6.25. The van der Waals surface area contributed by atoms with Crippen LogP contribution in [0.15, 0.2) is 99.6 Å². The van der Waals surface area contributed by atoms with Crippen LogP contribution < -0.4 is 14.2 Å². The zero-order valence-corrected chi connectivity index (χ0v) is 25.9. The summed E-state index contributed by atoms with van der Waals surface area (Å²) in [5.74, 6) is 3.53. The molecule has 0 aromatic heterocycles. The summed E-state index contributed by atoms with van der Waals surface area (Å²) >= 11 is 21.2. The molecular weight excluding hydrogens is 816 g/mol. The summed E-state index contributed by atoms with van der Waals surface area (Å²) in [7, 11) is 0. The molecule has 0 aliphatic rings. The molecule has 0 saturated carbocycles. The second kappa shape index (κ2) is 11.3. The highest BCUT2D eigenvalue weighted by Crippen LogP contribution is 2.45. The van der Waals surface area contributed by atoms with Gasteiger partial charge in [0.1, 0.15) is 11.5 Å². The number of para-hydroxylation sites is 4. The molecule has 0 aliphatic heterocycles. The van der Waals surface area contributed by atoms with Crippen LogP contribution in [0.25, 0.3) is 0 Å². The largest absolute Gasteiger partial charge is 0.452 e. The molecule has 0 spiro atoms. The normalized spacial score (nSPS) is 10.7. The summed E-state index contributed by atoms with van der Waals surface area (Å²) in [4.78, 5) is 0. The second-order valence-corrected chi connectivity index (χ2v) is 11.4. The average molecular weight is 828 g/mol. The molecule has 4 aromatic rings. The van der Waals surface area contributed by atoms with E-state index >= 15 is 0 Å². The molecule has 33 heavy (non-hydrogen) atoms. The Balaban J connectivity index is 1.64. The second-order valence-electron chi connectivity index (χ2n) is 6.55. The minimum Gasteiger partial charge on any atom is -0.452 e. The first-order valence-electron chi connectivity index (χ1n) is 9.33. The molecule has 0 saturated heterocycles. The molecular formula is C24H12Br6O3. The molecule has 0 atom stereocenters. The van der Waals surface area contributed by atoms with E-state index in [1.165, 1.54) is 0 Å². The van der Waals surface area contributed by atoms with Crippen molar-refractivity contribution in [3.63, 3.8) is 0 Å². The molecule has 0 bridgehead atoms. The van der Waals surface area contributed by atoms with Crippen LogP contribution in [-0.4, -0.2) is 0 Å². The standard InChI is InChI=1S/C24H12Br6O3/c25-13-9-11-19(23(29)21(13)27)32-17-7-3-1-5-15(17)31-16-6-2-4-8-18(16)33-20-12-10-14(26)22(28)24(20)30/h1-12H. The molecule has 0 heterocycles. The van der Waals surface area contributed by atoms with Crippen LogP contribution in [0.5, 0.6) is 34.5 Å². The minimum absolute atomic E-state index is 0.551. The van der Waals surface area contributed by atoms with Crippen molar-refractivity contribution in [3.8, 4) is 34.5 Å². The van der Waals surface area contributed by atoms with Crippen molar-refractivity contribution in [1.29, 1.82) is 0 Å². The number of benzene rings is 4. The van der Waals surface area contributed by atoms with Gasteiger partial charge < -0.3 is 14.2 Å². The number of hydrogen-bond acceptors (Lipinski definition) is 3. The molecule has 0 amide bonds. The zero-order chi connectivity index (χ0) is 23.5. The van der Waals surface area contributed by atoms with Crippen LogP contribution in [0.3, 0.4) is 0 Å². The van der Waals surface area contributed by atoms with Gasteiger partial charge in [-0.25, -0.2) is 0 Å². The smallest absolute Gasteiger partial charge is 0.170 e. The van der Waals surface area contributed by atoms with Gasteiger partial charge in [0.05, 0.1) is 8.95 Å². The first kappa shape index (κ1) is 25.3. The lowest BCUT2D eigenvalue weighted by atomic mass is 10.3. The summed E-state index contributed by atoms with van der Waals surface area (Å²) in [6.45, 7) is 0. The molecule has 0 unspecified atom stereocenters. The van der Waals surface area contributed by atoms with Crippen LogP contribution in [-0.2, 0) is 0 Å². The maximum Gasteiger partial charge on any atom is 0.170 e. The van der Waals surface area contributed by atoms with Crippen LogP contribution in [0.1, 0.15) is 0 Å². The molecule has 9 heteroatoms. The van der Waals surface area contributed by atoms with Crippen molar-refractivity contribution >= 4 is 95.6 Å².